The van der Waals surface area contributed by atoms with E-state index in [4.69, 9.17) is 0 Å². The molecule has 4 heteroatoms. The van der Waals surface area contributed by atoms with Gasteiger partial charge in [-0.3, -0.25) is 15.5 Å². The maximum absolute atomic E-state index is 3.87. The lowest BCUT2D eigenvalue weighted by molar-refractivity contribution is 0.0204. The Morgan fingerprint density at radius 3 is 2.60 bits per heavy atom. The van der Waals surface area contributed by atoms with E-state index in [0.29, 0.717) is 24.3 Å². The molecule has 4 atom stereocenters. The molecule has 2 saturated heterocycles. The lowest BCUT2D eigenvalue weighted by Crippen LogP contribution is -2.65. The maximum atomic E-state index is 3.87. The van der Waals surface area contributed by atoms with Crippen LogP contribution in [0.15, 0.2) is 42.5 Å². The molecule has 2 aliphatic heterocycles. The van der Waals surface area contributed by atoms with Crippen LogP contribution in [0, 0.1) is 12.8 Å². The van der Waals surface area contributed by atoms with Gasteiger partial charge >= 0.3 is 0 Å². The van der Waals surface area contributed by atoms with Crippen molar-refractivity contribution >= 4 is 5.69 Å². The number of nitrogens with one attached hydrogen (secondary N) is 3. The summed E-state index contributed by atoms with van der Waals surface area (Å²) >= 11 is 0. The Kier molecular flexibility index (Phi) is 5.81. The molecule has 0 bridgehead atoms. The van der Waals surface area contributed by atoms with Crippen LogP contribution in [0.3, 0.4) is 0 Å². The lowest BCUT2D eigenvalue weighted by Gasteiger charge is -2.50. The summed E-state index contributed by atoms with van der Waals surface area (Å²) in [4.78, 5) is 2.72. The zero-order valence-corrected chi connectivity index (χ0v) is 18.5. The smallest absolute Gasteiger partial charge is 0.0656 e. The second kappa shape index (κ2) is 8.70. The SMILES string of the molecule is Cc1ccc(CNc2ccc3c(c2)CCC2C3NC(C)NC2N2CCCCC2)cc1. The van der Waals surface area contributed by atoms with Gasteiger partial charge in [0.1, 0.15) is 0 Å². The van der Waals surface area contributed by atoms with Crippen molar-refractivity contribution in [3.05, 3.63) is 64.7 Å². The molecule has 0 saturated carbocycles. The van der Waals surface area contributed by atoms with E-state index in [1.165, 1.54) is 73.1 Å². The van der Waals surface area contributed by atoms with Gasteiger partial charge in [-0.05, 0) is 81.4 Å². The molecule has 30 heavy (non-hydrogen) atoms. The van der Waals surface area contributed by atoms with E-state index in [-0.39, 0.29) is 0 Å². The minimum atomic E-state index is 0.350. The second-order valence-electron chi connectivity index (χ2n) is 9.53. The number of hydrogen-bond acceptors (Lipinski definition) is 4. The van der Waals surface area contributed by atoms with Crippen LogP contribution in [-0.4, -0.2) is 30.3 Å². The fourth-order valence-corrected chi connectivity index (χ4v) is 5.69. The Labute approximate surface area is 181 Å². The summed E-state index contributed by atoms with van der Waals surface area (Å²) in [6, 6.07) is 16.3. The Morgan fingerprint density at radius 2 is 1.80 bits per heavy atom. The number of rotatable bonds is 4. The highest BCUT2D eigenvalue weighted by Gasteiger charge is 2.42. The van der Waals surface area contributed by atoms with Crippen LogP contribution in [0.2, 0.25) is 0 Å². The number of likely N-dealkylation sites (tertiary alicyclic amines) is 1. The zero-order valence-electron chi connectivity index (χ0n) is 18.5. The summed E-state index contributed by atoms with van der Waals surface area (Å²) in [6.07, 6.45) is 7.40. The van der Waals surface area contributed by atoms with E-state index in [9.17, 15) is 0 Å². The molecule has 3 aliphatic rings. The van der Waals surface area contributed by atoms with E-state index in [2.05, 4.69) is 77.2 Å². The summed E-state index contributed by atoms with van der Waals surface area (Å²) < 4.78 is 0. The van der Waals surface area contributed by atoms with Gasteiger partial charge in [-0.2, -0.15) is 0 Å². The molecular weight excluding hydrogens is 368 g/mol. The molecule has 3 N–H and O–H groups in total. The third kappa shape index (κ3) is 4.14. The van der Waals surface area contributed by atoms with E-state index in [0.717, 1.165) is 6.54 Å². The number of benzene rings is 2. The number of nitrogens with zero attached hydrogens (tertiary/aromatic N) is 1. The number of aryl methyl sites for hydroxylation is 2. The summed E-state index contributed by atoms with van der Waals surface area (Å²) in [6.45, 7) is 7.80. The minimum Gasteiger partial charge on any atom is -0.381 e. The summed E-state index contributed by atoms with van der Waals surface area (Å²) in [7, 11) is 0. The Morgan fingerprint density at radius 1 is 1.00 bits per heavy atom. The van der Waals surface area contributed by atoms with Gasteiger partial charge in [-0.1, -0.05) is 42.3 Å². The van der Waals surface area contributed by atoms with Crippen LogP contribution in [-0.2, 0) is 13.0 Å². The molecular formula is C26H36N4. The topological polar surface area (TPSA) is 39.3 Å². The third-order valence-corrected chi connectivity index (χ3v) is 7.31. The van der Waals surface area contributed by atoms with E-state index >= 15 is 0 Å². The highest BCUT2D eigenvalue weighted by atomic mass is 15.3. The quantitative estimate of drug-likeness (QED) is 0.698. The number of anilines is 1. The molecule has 5 rings (SSSR count). The van der Waals surface area contributed by atoms with Crippen molar-refractivity contribution in [2.75, 3.05) is 18.4 Å². The van der Waals surface area contributed by atoms with Crippen LogP contribution < -0.4 is 16.0 Å². The van der Waals surface area contributed by atoms with Crippen LogP contribution in [0.1, 0.15) is 60.9 Å². The first-order valence-corrected chi connectivity index (χ1v) is 11.9. The highest BCUT2D eigenvalue weighted by molar-refractivity contribution is 5.51. The molecule has 1 aliphatic carbocycles. The predicted molar refractivity (Wildman–Crippen MR) is 124 cm³/mol. The molecule has 0 radical (unpaired) electrons. The Bertz CT molecular complexity index is 856. The van der Waals surface area contributed by atoms with Gasteiger partial charge < -0.3 is 5.32 Å². The molecule has 2 fully saturated rings. The first-order valence-electron chi connectivity index (χ1n) is 11.9. The van der Waals surface area contributed by atoms with Gasteiger partial charge in [-0.15, -0.1) is 0 Å². The van der Waals surface area contributed by atoms with Crippen LogP contribution in [0.5, 0.6) is 0 Å². The van der Waals surface area contributed by atoms with Gasteiger partial charge in [0.15, 0.2) is 0 Å². The summed E-state index contributed by atoms with van der Waals surface area (Å²) in [5.74, 6) is 0.651. The Hall–Kier alpha value is -1.88. The van der Waals surface area contributed by atoms with Gasteiger partial charge in [-0.25, -0.2) is 0 Å². The predicted octanol–water partition coefficient (Wildman–Crippen LogP) is 4.56. The van der Waals surface area contributed by atoms with Crippen molar-refractivity contribution in [2.24, 2.45) is 5.92 Å². The highest BCUT2D eigenvalue weighted by Crippen LogP contribution is 2.40. The molecule has 2 aromatic carbocycles. The standard InChI is InChI=1S/C26H36N4/c1-18-6-8-20(9-7-18)17-27-22-11-13-23-21(16-22)10-12-24-25(23)28-19(2)29-26(24)30-14-4-3-5-15-30/h6-9,11,13,16,19,24-29H,3-5,10,12,14-15,17H2,1-2H3. The monoisotopic (exact) mass is 404 g/mol. The molecule has 4 unspecified atom stereocenters. The van der Waals surface area contributed by atoms with Gasteiger partial charge in [0.25, 0.3) is 0 Å². The van der Waals surface area contributed by atoms with Crippen LogP contribution in [0.4, 0.5) is 5.69 Å². The molecule has 4 nitrogen and oxygen atoms in total. The van der Waals surface area contributed by atoms with Gasteiger partial charge in [0.05, 0.1) is 12.3 Å². The van der Waals surface area contributed by atoms with E-state index in [1.807, 2.05) is 0 Å². The molecule has 2 aromatic rings. The average molecular weight is 405 g/mol. The fraction of sp³-hybridized carbons (Fsp3) is 0.538. The summed E-state index contributed by atoms with van der Waals surface area (Å²) in [5, 5.41) is 11.4. The maximum Gasteiger partial charge on any atom is 0.0656 e. The third-order valence-electron chi connectivity index (χ3n) is 7.31. The van der Waals surface area contributed by atoms with Crippen molar-refractivity contribution in [2.45, 2.75) is 70.9 Å². The molecule has 0 amide bonds. The molecule has 0 aromatic heterocycles. The van der Waals surface area contributed by atoms with Crippen molar-refractivity contribution in [3.63, 3.8) is 0 Å². The fourth-order valence-electron chi connectivity index (χ4n) is 5.69. The summed E-state index contributed by atoms with van der Waals surface area (Å²) in [5.41, 5.74) is 6.92. The van der Waals surface area contributed by atoms with Crippen LogP contribution >= 0.6 is 0 Å². The van der Waals surface area contributed by atoms with Crippen LogP contribution in [0.25, 0.3) is 0 Å². The number of piperidine rings is 1. The Balaban J connectivity index is 1.31. The van der Waals surface area contributed by atoms with Gasteiger partial charge in [0, 0.05) is 24.2 Å². The number of fused-ring (bicyclic) bond motifs is 3. The molecule has 0 spiro atoms. The average Bonchev–Trinajstić information content (AvgIpc) is 2.78. The van der Waals surface area contributed by atoms with E-state index < -0.39 is 0 Å². The van der Waals surface area contributed by atoms with Crippen molar-refractivity contribution in [1.29, 1.82) is 0 Å². The molecule has 160 valence electrons. The largest absolute Gasteiger partial charge is 0.381 e. The first kappa shape index (κ1) is 20.0. The minimum absolute atomic E-state index is 0.350. The lowest BCUT2D eigenvalue weighted by atomic mass is 9.76. The second-order valence-corrected chi connectivity index (χ2v) is 9.53. The van der Waals surface area contributed by atoms with Crippen molar-refractivity contribution in [3.8, 4) is 0 Å². The van der Waals surface area contributed by atoms with Gasteiger partial charge in [0.2, 0.25) is 0 Å². The van der Waals surface area contributed by atoms with E-state index in [1.54, 1.807) is 0 Å². The van der Waals surface area contributed by atoms with Crippen molar-refractivity contribution < 1.29 is 0 Å². The van der Waals surface area contributed by atoms with Crippen molar-refractivity contribution in [1.82, 2.24) is 15.5 Å². The number of hydrogen-bond donors (Lipinski definition) is 3. The zero-order chi connectivity index (χ0) is 20.5. The first-order chi connectivity index (χ1) is 14.7. The molecule has 2 heterocycles. The normalized spacial score (nSPS) is 29.1.